The Morgan fingerprint density at radius 3 is 2.48 bits per heavy atom. The summed E-state index contributed by atoms with van der Waals surface area (Å²) in [5.41, 5.74) is 3.23. The van der Waals surface area contributed by atoms with Gasteiger partial charge in [0.1, 0.15) is 19.6 Å². The summed E-state index contributed by atoms with van der Waals surface area (Å²) in [5, 5.41) is 10.5. The van der Waals surface area contributed by atoms with Gasteiger partial charge in [0.15, 0.2) is 0 Å². The number of fused-ring (bicyclic) bond motifs is 1. The lowest BCUT2D eigenvalue weighted by molar-refractivity contribution is -0.858. The normalized spacial score (nSPS) is 16.3. The molecule has 1 N–H and O–H groups in total. The van der Waals surface area contributed by atoms with Gasteiger partial charge >= 0.3 is 5.91 Å². The first-order valence-corrected chi connectivity index (χ1v) is 9.28. The standard InChI is InChI=1S/C22H23N2O3/c25-13-10-24(11-14-27-15-12-24)22(26)19-16-21(17-6-2-1-3-7-17)23-20-9-5-4-8-18(19)20/h1-9,16,25H,10-15H2/q+1. The van der Waals surface area contributed by atoms with Crippen molar-refractivity contribution < 1.29 is 19.1 Å². The highest BCUT2D eigenvalue weighted by atomic mass is 16.5. The maximum atomic E-state index is 13.7. The van der Waals surface area contributed by atoms with Gasteiger partial charge in [-0.3, -0.25) is 4.48 Å². The van der Waals surface area contributed by atoms with Crippen LogP contribution in [0, 0.1) is 0 Å². The summed E-state index contributed by atoms with van der Waals surface area (Å²) in [6.07, 6.45) is 0. The van der Waals surface area contributed by atoms with Crippen molar-refractivity contribution in [2.45, 2.75) is 0 Å². The largest absolute Gasteiger partial charge is 0.390 e. The molecule has 5 nitrogen and oxygen atoms in total. The number of amides is 1. The maximum absolute atomic E-state index is 13.7. The van der Waals surface area contributed by atoms with Crippen molar-refractivity contribution in [3.05, 3.63) is 66.2 Å². The van der Waals surface area contributed by atoms with Gasteiger partial charge in [0, 0.05) is 10.9 Å². The van der Waals surface area contributed by atoms with Crippen LogP contribution >= 0.6 is 0 Å². The Kier molecular flexibility index (Phi) is 4.99. The molecule has 27 heavy (non-hydrogen) atoms. The molecular formula is C22H23N2O3+. The smallest absolute Gasteiger partial charge is 0.346 e. The average Bonchev–Trinajstić information content (AvgIpc) is 2.74. The maximum Gasteiger partial charge on any atom is 0.346 e. The summed E-state index contributed by atoms with van der Waals surface area (Å²) in [4.78, 5) is 18.5. The predicted octanol–water partition coefficient (Wildman–Crippen LogP) is 2.88. The van der Waals surface area contributed by atoms with Gasteiger partial charge in [-0.05, 0) is 12.1 Å². The number of quaternary nitrogens is 1. The monoisotopic (exact) mass is 363 g/mol. The molecule has 0 bridgehead atoms. The van der Waals surface area contributed by atoms with E-state index in [-0.39, 0.29) is 17.0 Å². The number of nitrogens with zero attached hydrogens (tertiary/aromatic N) is 2. The van der Waals surface area contributed by atoms with Crippen molar-refractivity contribution in [3.63, 3.8) is 0 Å². The van der Waals surface area contributed by atoms with E-state index in [1.165, 1.54) is 0 Å². The molecule has 0 radical (unpaired) electrons. The van der Waals surface area contributed by atoms with Gasteiger partial charge < -0.3 is 9.84 Å². The van der Waals surface area contributed by atoms with Crippen molar-refractivity contribution in [1.82, 2.24) is 4.98 Å². The molecule has 1 aliphatic rings. The fourth-order valence-corrected chi connectivity index (χ4v) is 3.78. The van der Waals surface area contributed by atoms with Crippen molar-refractivity contribution in [2.75, 3.05) is 39.5 Å². The Morgan fingerprint density at radius 2 is 1.74 bits per heavy atom. The first kappa shape index (κ1) is 17.8. The number of aliphatic hydroxyl groups excluding tert-OH is 1. The highest BCUT2D eigenvalue weighted by molar-refractivity contribution is 6.04. The lowest BCUT2D eigenvalue weighted by Gasteiger charge is -2.38. The number of hydrogen-bond donors (Lipinski definition) is 1. The van der Waals surface area contributed by atoms with Gasteiger partial charge in [0.05, 0.1) is 36.6 Å². The van der Waals surface area contributed by atoms with Gasteiger partial charge in [-0.15, -0.1) is 0 Å². The molecule has 0 spiro atoms. The number of morpholine rings is 1. The van der Waals surface area contributed by atoms with Crippen molar-refractivity contribution in [1.29, 1.82) is 0 Å². The molecule has 1 saturated heterocycles. The van der Waals surface area contributed by atoms with Crippen LogP contribution in [0.3, 0.4) is 0 Å². The lowest BCUT2D eigenvalue weighted by Crippen LogP contribution is -2.60. The second-order valence-corrected chi connectivity index (χ2v) is 6.90. The zero-order chi connectivity index (χ0) is 18.7. The summed E-state index contributed by atoms with van der Waals surface area (Å²) < 4.78 is 5.70. The molecule has 1 fully saturated rings. The minimum atomic E-state index is -0.0275. The summed E-state index contributed by atoms with van der Waals surface area (Å²) in [6.45, 7) is 2.59. The van der Waals surface area contributed by atoms with E-state index in [0.29, 0.717) is 38.4 Å². The third-order valence-corrected chi connectivity index (χ3v) is 5.30. The number of para-hydroxylation sites is 1. The highest BCUT2D eigenvalue weighted by Gasteiger charge is 2.40. The number of rotatable bonds is 4. The van der Waals surface area contributed by atoms with E-state index >= 15 is 0 Å². The molecule has 0 aliphatic carbocycles. The molecule has 0 atom stereocenters. The van der Waals surface area contributed by atoms with Crippen molar-refractivity contribution in [3.8, 4) is 11.3 Å². The highest BCUT2D eigenvalue weighted by Crippen LogP contribution is 2.28. The van der Waals surface area contributed by atoms with Crippen LogP contribution in [0.1, 0.15) is 10.4 Å². The Morgan fingerprint density at radius 1 is 1.04 bits per heavy atom. The van der Waals surface area contributed by atoms with E-state index < -0.39 is 0 Å². The minimum Gasteiger partial charge on any atom is -0.390 e. The van der Waals surface area contributed by atoms with Gasteiger partial charge in [-0.1, -0.05) is 48.5 Å². The average molecular weight is 363 g/mol. The van der Waals surface area contributed by atoms with E-state index in [2.05, 4.69) is 0 Å². The third-order valence-electron chi connectivity index (χ3n) is 5.30. The second kappa shape index (κ2) is 7.56. The zero-order valence-corrected chi connectivity index (χ0v) is 15.2. The number of aromatic nitrogens is 1. The van der Waals surface area contributed by atoms with E-state index in [4.69, 9.17) is 9.72 Å². The van der Waals surface area contributed by atoms with Gasteiger partial charge in [-0.25, -0.2) is 9.78 Å². The van der Waals surface area contributed by atoms with E-state index in [0.717, 1.165) is 22.2 Å². The molecule has 3 aromatic rings. The fourth-order valence-electron chi connectivity index (χ4n) is 3.78. The van der Waals surface area contributed by atoms with Crippen LogP contribution in [0.5, 0.6) is 0 Å². The topological polar surface area (TPSA) is 59.4 Å². The van der Waals surface area contributed by atoms with Crippen LogP contribution in [0.4, 0.5) is 0 Å². The van der Waals surface area contributed by atoms with Gasteiger partial charge in [-0.2, -0.15) is 0 Å². The second-order valence-electron chi connectivity index (χ2n) is 6.90. The van der Waals surface area contributed by atoms with E-state index in [9.17, 15) is 9.90 Å². The predicted molar refractivity (Wildman–Crippen MR) is 104 cm³/mol. The lowest BCUT2D eigenvalue weighted by atomic mass is 10.0. The molecular weight excluding hydrogens is 340 g/mol. The first-order chi connectivity index (χ1) is 13.2. The molecule has 1 aliphatic heterocycles. The van der Waals surface area contributed by atoms with Crippen LogP contribution in [0.15, 0.2) is 60.7 Å². The van der Waals surface area contributed by atoms with Crippen LogP contribution < -0.4 is 0 Å². The molecule has 2 heterocycles. The quantitative estimate of drug-likeness (QED) is 0.724. The molecule has 1 aromatic heterocycles. The molecule has 4 rings (SSSR count). The van der Waals surface area contributed by atoms with Crippen LogP contribution in [-0.4, -0.2) is 59.9 Å². The molecule has 138 valence electrons. The Bertz CT molecular complexity index is 945. The summed E-state index contributed by atoms with van der Waals surface area (Å²) in [5.74, 6) is 0.0307. The molecule has 2 aromatic carbocycles. The van der Waals surface area contributed by atoms with E-state index in [1.807, 2.05) is 60.7 Å². The number of hydrogen-bond acceptors (Lipinski definition) is 4. The number of ether oxygens (including phenoxy) is 1. The summed E-state index contributed by atoms with van der Waals surface area (Å²) in [6, 6.07) is 19.5. The summed E-state index contributed by atoms with van der Waals surface area (Å²) in [7, 11) is 0. The number of benzene rings is 2. The minimum absolute atomic E-state index is 0.0275. The van der Waals surface area contributed by atoms with Crippen LogP contribution in [-0.2, 0) is 4.74 Å². The Labute approximate surface area is 158 Å². The number of carbonyl (C=O) groups excluding carboxylic acids is 1. The molecule has 1 amide bonds. The molecule has 5 heteroatoms. The first-order valence-electron chi connectivity index (χ1n) is 9.28. The summed E-state index contributed by atoms with van der Waals surface area (Å²) >= 11 is 0. The van der Waals surface area contributed by atoms with Gasteiger partial charge in [0.25, 0.3) is 0 Å². The molecule has 0 saturated carbocycles. The molecule has 0 unspecified atom stereocenters. The van der Waals surface area contributed by atoms with Crippen molar-refractivity contribution >= 4 is 16.8 Å². The SMILES string of the molecule is O=C(c1cc(-c2ccccc2)nc2ccccc12)[N+]1(CCO)CCOCC1. The van der Waals surface area contributed by atoms with E-state index in [1.54, 1.807) is 0 Å². The number of aliphatic hydroxyl groups is 1. The van der Waals surface area contributed by atoms with Crippen LogP contribution in [0.2, 0.25) is 0 Å². The Hall–Kier alpha value is -2.60. The zero-order valence-electron chi connectivity index (χ0n) is 15.2. The fraction of sp³-hybridized carbons (Fsp3) is 0.273. The van der Waals surface area contributed by atoms with Gasteiger partial charge in [0.2, 0.25) is 0 Å². The number of carbonyl (C=O) groups is 1. The third kappa shape index (κ3) is 3.37. The number of pyridine rings is 1. The van der Waals surface area contributed by atoms with Crippen LogP contribution in [0.25, 0.3) is 22.2 Å². The Balaban J connectivity index is 1.88. The van der Waals surface area contributed by atoms with Crippen molar-refractivity contribution in [2.24, 2.45) is 0 Å².